The lowest BCUT2D eigenvalue weighted by atomic mass is 10.1. The zero-order chi connectivity index (χ0) is 18.7. The van der Waals surface area contributed by atoms with Crippen molar-refractivity contribution in [3.05, 3.63) is 58.5 Å². The van der Waals surface area contributed by atoms with Gasteiger partial charge in [0, 0.05) is 18.0 Å². The van der Waals surface area contributed by atoms with Gasteiger partial charge in [-0.15, -0.1) is 0 Å². The van der Waals surface area contributed by atoms with Crippen LogP contribution in [0.5, 0.6) is 5.75 Å². The Labute approximate surface area is 148 Å². The minimum absolute atomic E-state index is 0.0945. The molecule has 0 saturated heterocycles. The van der Waals surface area contributed by atoms with Gasteiger partial charge in [-0.2, -0.15) is 5.10 Å². The maximum Gasteiger partial charge on any atom is 0.276 e. The van der Waals surface area contributed by atoms with Gasteiger partial charge in [-0.25, -0.2) is 5.10 Å². The SMILES string of the molecule is COc1ccc(NC(=O)c2n[nH]c(=O)c3ccccc23)cc1NC(C)=O. The second-order valence-electron chi connectivity index (χ2n) is 5.50. The van der Waals surface area contributed by atoms with E-state index in [1.165, 1.54) is 14.0 Å². The predicted octanol–water partition coefficient (Wildman–Crippen LogP) is 2.14. The van der Waals surface area contributed by atoms with Gasteiger partial charge in [-0.3, -0.25) is 14.4 Å². The minimum Gasteiger partial charge on any atom is -0.495 e. The summed E-state index contributed by atoms with van der Waals surface area (Å²) >= 11 is 0. The van der Waals surface area contributed by atoms with Crippen molar-refractivity contribution >= 4 is 34.0 Å². The number of benzene rings is 2. The zero-order valence-electron chi connectivity index (χ0n) is 14.1. The molecule has 132 valence electrons. The van der Waals surface area contributed by atoms with Gasteiger partial charge in [-0.1, -0.05) is 18.2 Å². The Morgan fingerprint density at radius 1 is 1.08 bits per heavy atom. The molecule has 0 bridgehead atoms. The Kier molecular flexibility index (Phi) is 4.66. The number of rotatable bonds is 4. The van der Waals surface area contributed by atoms with Gasteiger partial charge in [0.05, 0.1) is 18.2 Å². The lowest BCUT2D eigenvalue weighted by Crippen LogP contribution is -2.19. The Bertz CT molecular complexity index is 1060. The number of methoxy groups -OCH3 is 1. The van der Waals surface area contributed by atoms with Crippen LogP contribution in [0.2, 0.25) is 0 Å². The van der Waals surface area contributed by atoms with Crippen LogP contribution in [-0.4, -0.2) is 29.1 Å². The van der Waals surface area contributed by atoms with Crippen LogP contribution >= 0.6 is 0 Å². The second kappa shape index (κ2) is 7.06. The Morgan fingerprint density at radius 3 is 2.50 bits per heavy atom. The number of carbonyl (C=O) groups is 2. The third-order valence-corrected chi connectivity index (χ3v) is 3.68. The number of anilines is 2. The summed E-state index contributed by atoms with van der Waals surface area (Å²) in [5.41, 5.74) is 0.598. The molecule has 8 heteroatoms. The van der Waals surface area contributed by atoms with Crippen LogP contribution in [0, 0.1) is 0 Å². The topological polar surface area (TPSA) is 113 Å². The highest BCUT2D eigenvalue weighted by Gasteiger charge is 2.15. The largest absolute Gasteiger partial charge is 0.495 e. The number of hydrogen-bond donors (Lipinski definition) is 3. The molecule has 0 atom stereocenters. The second-order valence-corrected chi connectivity index (χ2v) is 5.50. The minimum atomic E-state index is -0.489. The first-order chi connectivity index (χ1) is 12.5. The molecule has 0 radical (unpaired) electrons. The fourth-order valence-electron chi connectivity index (χ4n) is 2.55. The molecule has 0 saturated carbocycles. The van der Waals surface area contributed by atoms with Crippen molar-refractivity contribution in [1.29, 1.82) is 0 Å². The summed E-state index contributed by atoms with van der Waals surface area (Å²) in [7, 11) is 1.48. The summed E-state index contributed by atoms with van der Waals surface area (Å²) in [4.78, 5) is 35.8. The summed E-state index contributed by atoms with van der Waals surface area (Å²) in [6, 6.07) is 11.5. The normalized spacial score (nSPS) is 10.4. The van der Waals surface area contributed by atoms with Crippen LogP contribution in [0.1, 0.15) is 17.4 Å². The van der Waals surface area contributed by atoms with Crippen molar-refractivity contribution < 1.29 is 14.3 Å². The molecule has 2 amide bonds. The molecule has 2 aromatic carbocycles. The van der Waals surface area contributed by atoms with E-state index in [9.17, 15) is 14.4 Å². The average Bonchev–Trinajstić information content (AvgIpc) is 2.62. The molecule has 0 aliphatic heterocycles. The van der Waals surface area contributed by atoms with E-state index >= 15 is 0 Å². The van der Waals surface area contributed by atoms with Gasteiger partial charge < -0.3 is 15.4 Å². The van der Waals surface area contributed by atoms with Crippen molar-refractivity contribution in [2.24, 2.45) is 0 Å². The molecule has 3 aromatic rings. The van der Waals surface area contributed by atoms with Crippen molar-refractivity contribution in [2.75, 3.05) is 17.7 Å². The van der Waals surface area contributed by atoms with Gasteiger partial charge in [0.15, 0.2) is 5.69 Å². The van der Waals surface area contributed by atoms with Gasteiger partial charge in [0.25, 0.3) is 11.5 Å². The highest BCUT2D eigenvalue weighted by molar-refractivity contribution is 6.11. The summed E-state index contributed by atoms with van der Waals surface area (Å²) < 4.78 is 5.18. The van der Waals surface area contributed by atoms with Crippen LogP contribution in [-0.2, 0) is 4.79 Å². The molecule has 0 unspecified atom stereocenters. The molecule has 8 nitrogen and oxygen atoms in total. The van der Waals surface area contributed by atoms with Crippen molar-refractivity contribution in [3.63, 3.8) is 0 Å². The first-order valence-corrected chi connectivity index (χ1v) is 7.74. The summed E-state index contributed by atoms with van der Waals surface area (Å²) in [5.74, 6) is -0.290. The third-order valence-electron chi connectivity index (χ3n) is 3.68. The molecular weight excluding hydrogens is 336 g/mol. The molecule has 0 aliphatic carbocycles. The Morgan fingerprint density at radius 2 is 1.81 bits per heavy atom. The van der Waals surface area contributed by atoms with Crippen LogP contribution in [0.25, 0.3) is 10.8 Å². The molecule has 0 aliphatic rings. The first kappa shape index (κ1) is 17.2. The van der Waals surface area contributed by atoms with Crippen molar-refractivity contribution in [3.8, 4) is 5.75 Å². The number of amides is 2. The van der Waals surface area contributed by atoms with Crippen LogP contribution in [0.4, 0.5) is 11.4 Å². The summed E-state index contributed by atoms with van der Waals surface area (Å²) in [5, 5.41) is 12.4. The Hall–Kier alpha value is -3.68. The van der Waals surface area contributed by atoms with E-state index in [4.69, 9.17) is 4.74 Å². The van der Waals surface area contributed by atoms with Crippen LogP contribution < -0.4 is 20.9 Å². The van der Waals surface area contributed by atoms with Crippen molar-refractivity contribution in [2.45, 2.75) is 6.92 Å². The number of nitrogens with one attached hydrogen (secondary N) is 3. The highest BCUT2D eigenvalue weighted by Crippen LogP contribution is 2.28. The number of aromatic nitrogens is 2. The molecule has 1 heterocycles. The molecule has 3 N–H and O–H groups in total. The average molecular weight is 352 g/mol. The standard InChI is InChI=1S/C18H16N4O4/c1-10(23)19-14-9-11(7-8-15(14)26-2)20-18(25)16-12-5-3-4-6-13(12)17(24)22-21-16/h3-9H,1-2H3,(H,19,23)(H,20,25)(H,22,24). The van der Waals surface area contributed by atoms with E-state index in [0.29, 0.717) is 27.9 Å². The van der Waals surface area contributed by atoms with Gasteiger partial charge in [0.2, 0.25) is 5.91 Å². The number of hydrogen-bond acceptors (Lipinski definition) is 5. The maximum absolute atomic E-state index is 12.6. The number of carbonyl (C=O) groups excluding carboxylic acids is 2. The number of aromatic amines is 1. The Balaban J connectivity index is 1.95. The van der Waals surface area contributed by atoms with Gasteiger partial charge >= 0.3 is 0 Å². The smallest absolute Gasteiger partial charge is 0.276 e. The fraction of sp³-hybridized carbons (Fsp3) is 0.111. The van der Waals surface area contributed by atoms with Crippen LogP contribution in [0.15, 0.2) is 47.3 Å². The molecule has 0 fully saturated rings. The van der Waals surface area contributed by atoms with E-state index < -0.39 is 5.91 Å². The number of H-pyrrole nitrogens is 1. The zero-order valence-corrected chi connectivity index (χ0v) is 14.1. The maximum atomic E-state index is 12.6. The number of nitrogens with zero attached hydrogens (tertiary/aromatic N) is 1. The lowest BCUT2D eigenvalue weighted by Gasteiger charge is -2.12. The molecular formula is C18H16N4O4. The number of ether oxygens (including phenoxy) is 1. The van der Waals surface area contributed by atoms with Crippen molar-refractivity contribution in [1.82, 2.24) is 10.2 Å². The van der Waals surface area contributed by atoms with Crippen LogP contribution in [0.3, 0.4) is 0 Å². The molecule has 1 aromatic heterocycles. The molecule has 0 spiro atoms. The van der Waals surface area contributed by atoms with E-state index in [-0.39, 0.29) is 17.2 Å². The van der Waals surface area contributed by atoms with E-state index in [0.717, 1.165) is 0 Å². The summed E-state index contributed by atoms with van der Waals surface area (Å²) in [6.07, 6.45) is 0. The van der Waals surface area contributed by atoms with Gasteiger partial charge in [-0.05, 0) is 24.3 Å². The third kappa shape index (κ3) is 3.39. The van der Waals surface area contributed by atoms with E-state index in [1.807, 2.05) is 0 Å². The van der Waals surface area contributed by atoms with Gasteiger partial charge in [0.1, 0.15) is 5.75 Å². The highest BCUT2D eigenvalue weighted by atomic mass is 16.5. The fourth-order valence-corrected chi connectivity index (χ4v) is 2.55. The summed E-state index contributed by atoms with van der Waals surface area (Å²) in [6.45, 7) is 1.38. The first-order valence-electron chi connectivity index (χ1n) is 7.74. The van der Waals surface area contributed by atoms with E-state index in [2.05, 4.69) is 20.8 Å². The van der Waals surface area contributed by atoms with E-state index in [1.54, 1.807) is 42.5 Å². The predicted molar refractivity (Wildman–Crippen MR) is 97.6 cm³/mol. The quantitative estimate of drug-likeness (QED) is 0.666. The molecule has 3 rings (SSSR count). The number of fused-ring (bicyclic) bond motifs is 1. The lowest BCUT2D eigenvalue weighted by molar-refractivity contribution is -0.114. The molecule has 26 heavy (non-hydrogen) atoms. The monoisotopic (exact) mass is 352 g/mol.